The van der Waals surface area contributed by atoms with E-state index in [2.05, 4.69) is 6.92 Å². The van der Waals surface area contributed by atoms with E-state index < -0.39 is 18.2 Å². The van der Waals surface area contributed by atoms with Gasteiger partial charge in [-0.3, -0.25) is 0 Å². The molecule has 220 valence electrons. The van der Waals surface area contributed by atoms with Crippen LogP contribution in [0.3, 0.4) is 0 Å². The Bertz CT molecular complexity index is 928. The second-order valence-corrected chi connectivity index (χ2v) is 12.5. The highest BCUT2D eigenvalue weighted by atomic mass is 35.5. The monoisotopic (exact) mass is 584 g/mol. The van der Waals surface area contributed by atoms with Crippen LogP contribution < -0.4 is 0 Å². The van der Waals surface area contributed by atoms with Gasteiger partial charge in [0.2, 0.25) is 0 Å². The van der Waals surface area contributed by atoms with E-state index in [1.807, 2.05) is 13.8 Å². The first-order valence-electron chi connectivity index (χ1n) is 14.8. The molecular formula is C30H46Cl2N2O5. The molecule has 2 amide bonds. The third-order valence-electron chi connectivity index (χ3n) is 8.03. The van der Waals surface area contributed by atoms with Gasteiger partial charge in [-0.05, 0) is 32.4 Å². The number of urea groups is 1. The van der Waals surface area contributed by atoms with Crippen LogP contribution in [-0.2, 0) is 25.5 Å². The first-order valence-corrected chi connectivity index (χ1v) is 15.5. The number of hydrogen-bond donors (Lipinski definition) is 0. The first-order chi connectivity index (χ1) is 18.7. The Hall–Kier alpha value is -1.09. The Kier molecular flexibility index (Phi) is 11.2. The predicted molar refractivity (Wildman–Crippen MR) is 154 cm³/mol. The van der Waals surface area contributed by atoms with Crippen LogP contribution in [0.1, 0.15) is 90.5 Å². The highest BCUT2D eigenvalue weighted by Gasteiger charge is 2.60. The van der Waals surface area contributed by atoms with Gasteiger partial charge in [-0.25, -0.2) is 4.79 Å². The van der Waals surface area contributed by atoms with Gasteiger partial charge in [0.05, 0.1) is 12.6 Å². The molecule has 0 radical (unpaired) electrons. The molecule has 0 bridgehead atoms. The topological polar surface area (TPSA) is 60.5 Å². The zero-order chi connectivity index (χ0) is 28.0. The number of likely N-dealkylation sites (N-methyl/N-ethyl adjacent to an activating group) is 1. The summed E-state index contributed by atoms with van der Waals surface area (Å²) in [5, 5.41) is 1.07. The maximum Gasteiger partial charge on any atom is 0.320 e. The largest absolute Gasteiger partial charge is 0.350 e. The quantitative estimate of drug-likeness (QED) is 0.201. The summed E-state index contributed by atoms with van der Waals surface area (Å²) in [7, 11) is 1.80. The maximum absolute atomic E-state index is 13.2. The van der Waals surface area contributed by atoms with Crippen molar-refractivity contribution < 1.29 is 23.7 Å². The minimum Gasteiger partial charge on any atom is -0.350 e. The lowest BCUT2D eigenvalue weighted by Gasteiger charge is -2.31. The van der Waals surface area contributed by atoms with Gasteiger partial charge in [-0.2, -0.15) is 0 Å². The standard InChI is InChI=1S/C30H46Cl2N2O5/c1-5-6-7-8-9-10-11-12-13-14-18-36-28-27-26(38-30(2,3)39-27)25(37-28)24-20-33(4)29(35)34(24)19-21-22(31)16-15-17-23(21)32/h15-17,24-28H,5-14,18-20H2,1-4H3/t24-,25+,26-,27-,28-/m0/s1. The first kappa shape index (κ1) is 30.9. The second-order valence-electron chi connectivity index (χ2n) is 11.6. The van der Waals surface area contributed by atoms with E-state index >= 15 is 0 Å². The zero-order valence-corrected chi connectivity index (χ0v) is 25.5. The summed E-state index contributed by atoms with van der Waals surface area (Å²) in [4.78, 5) is 16.7. The second kappa shape index (κ2) is 14.2. The maximum atomic E-state index is 13.2. The smallest absolute Gasteiger partial charge is 0.320 e. The summed E-state index contributed by atoms with van der Waals surface area (Å²) in [5.41, 5.74) is 0.724. The van der Waals surface area contributed by atoms with Crippen molar-refractivity contribution in [3.63, 3.8) is 0 Å². The average molecular weight is 586 g/mol. The SMILES string of the molecule is CCCCCCCCCCCCO[C@H]1O[C@H]([C@@H]2CN(C)C(=O)N2Cc2c(Cl)cccc2Cl)[C@@H]2OC(C)(C)O[C@H]12. The lowest BCUT2D eigenvalue weighted by atomic mass is 10.0. The minimum atomic E-state index is -0.749. The molecule has 3 heterocycles. The number of benzene rings is 1. The molecule has 0 aliphatic carbocycles. The van der Waals surface area contributed by atoms with E-state index in [4.69, 9.17) is 42.1 Å². The van der Waals surface area contributed by atoms with Gasteiger partial charge in [-0.1, -0.05) is 94.0 Å². The zero-order valence-electron chi connectivity index (χ0n) is 24.0. The van der Waals surface area contributed by atoms with Crippen LogP contribution >= 0.6 is 23.2 Å². The van der Waals surface area contributed by atoms with Gasteiger partial charge in [-0.15, -0.1) is 0 Å². The molecule has 39 heavy (non-hydrogen) atoms. The normalized spacial score (nSPS) is 28.1. The molecule has 1 aromatic rings. The molecule has 3 fully saturated rings. The summed E-state index contributed by atoms with van der Waals surface area (Å²) in [6.07, 6.45) is 11.1. The van der Waals surface area contributed by atoms with E-state index in [1.165, 1.54) is 51.4 Å². The fourth-order valence-corrected chi connectivity index (χ4v) is 6.48. The fraction of sp³-hybridized carbons (Fsp3) is 0.767. The van der Waals surface area contributed by atoms with Crippen molar-refractivity contribution in [1.29, 1.82) is 0 Å². The van der Waals surface area contributed by atoms with Crippen LogP contribution in [0.5, 0.6) is 0 Å². The molecule has 5 atom stereocenters. The van der Waals surface area contributed by atoms with Crippen molar-refractivity contribution in [3.05, 3.63) is 33.8 Å². The Morgan fingerprint density at radius 2 is 1.51 bits per heavy atom. The molecule has 3 aliphatic rings. The third kappa shape index (κ3) is 7.81. The van der Waals surface area contributed by atoms with Crippen molar-refractivity contribution in [1.82, 2.24) is 9.80 Å². The van der Waals surface area contributed by atoms with Gasteiger partial charge in [0, 0.05) is 35.8 Å². The number of fused-ring (bicyclic) bond motifs is 1. The summed E-state index contributed by atoms with van der Waals surface area (Å²) >= 11 is 12.9. The molecule has 3 aliphatic heterocycles. The van der Waals surface area contributed by atoms with Crippen LogP contribution in [-0.4, -0.2) is 72.5 Å². The lowest BCUT2D eigenvalue weighted by Crippen LogP contribution is -2.47. The molecule has 0 unspecified atom stereocenters. The number of nitrogens with zero attached hydrogens (tertiary/aromatic N) is 2. The molecule has 7 nitrogen and oxygen atoms in total. The van der Waals surface area contributed by atoms with Crippen LogP contribution in [0.2, 0.25) is 10.0 Å². The summed E-state index contributed by atoms with van der Waals surface area (Å²) in [6, 6.07) is 5.03. The van der Waals surface area contributed by atoms with Crippen LogP contribution in [0.15, 0.2) is 18.2 Å². The Morgan fingerprint density at radius 3 is 2.15 bits per heavy atom. The third-order valence-corrected chi connectivity index (χ3v) is 8.74. The van der Waals surface area contributed by atoms with E-state index in [1.54, 1.807) is 35.0 Å². The molecule has 0 N–H and O–H groups in total. The minimum absolute atomic E-state index is 0.0935. The van der Waals surface area contributed by atoms with Crippen molar-refractivity contribution >= 4 is 29.2 Å². The highest BCUT2D eigenvalue weighted by Crippen LogP contribution is 2.42. The molecule has 3 saturated heterocycles. The van der Waals surface area contributed by atoms with Gasteiger partial charge < -0.3 is 28.7 Å². The number of amides is 2. The molecule has 0 saturated carbocycles. The Labute approximate surface area is 244 Å². The molecule has 4 rings (SSSR count). The number of halogens is 2. The van der Waals surface area contributed by atoms with Crippen LogP contribution in [0.25, 0.3) is 0 Å². The number of unbranched alkanes of at least 4 members (excludes halogenated alkanes) is 9. The number of ether oxygens (including phenoxy) is 4. The predicted octanol–water partition coefficient (Wildman–Crippen LogP) is 7.41. The van der Waals surface area contributed by atoms with Gasteiger partial charge in [0.1, 0.15) is 18.3 Å². The van der Waals surface area contributed by atoms with E-state index in [0.29, 0.717) is 23.2 Å². The van der Waals surface area contributed by atoms with Crippen molar-refractivity contribution in [3.8, 4) is 0 Å². The Balaban J connectivity index is 1.32. The summed E-state index contributed by atoms with van der Waals surface area (Å²) in [6.45, 7) is 7.49. The lowest BCUT2D eigenvalue weighted by molar-refractivity contribution is -0.238. The molecular weight excluding hydrogens is 539 g/mol. The summed E-state index contributed by atoms with van der Waals surface area (Å²) in [5.74, 6) is -0.749. The van der Waals surface area contributed by atoms with E-state index in [-0.39, 0.29) is 30.8 Å². The number of hydrogen-bond acceptors (Lipinski definition) is 5. The Morgan fingerprint density at radius 1 is 0.923 bits per heavy atom. The van der Waals surface area contributed by atoms with Crippen LogP contribution in [0, 0.1) is 0 Å². The van der Waals surface area contributed by atoms with Gasteiger partial charge >= 0.3 is 6.03 Å². The van der Waals surface area contributed by atoms with E-state index in [0.717, 1.165) is 18.4 Å². The van der Waals surface area contributed by atoms with Crippen molar-refractivity contribution in [2.45, 2.75) is 128 Å². The fourth-order valence-electron chi connectivity index (χ4n) is 5.96. The van der Waals surface area contributed by atoms with Gasteiger partial charge in [0.25, 0.3) is 0 Å². The van der Waals surface area contributed by atoms with Crippen LogP contribution in [0.4, 0.5) is 4.79 Å². The molecule has 0 aromatic heterocycles. The molecule has 0 spiro atoms. The highest BCUT2D eigenvalue weighted by molar-refractivity contribution is 6.36. The van der Waals surface area contributed by atoms with Crippen molar-refractivity contribution in [2.24, 2.45) is 0 Å². The molecule has 9 heteroatoms. The number of rotatable bonds is 15. The summed E-state index contributed by atoms with van der Waals surface area (Å²) < 4.78 is 25.2. The van der Waals surface area contributed by atoms with Gasteiger partial charge in [0.15, 0.2) is 12.1 Å². The number of carbonyl (C=O) groups excluding carboxylic acids is 1. The molecule has 1 aromatic carbocycles. The average Bonchev–Trinajstić information content (AvgIpc) is 3.48. The number of carbonyl (C=O) groups is 1. The van der Waals surface area contributed by atoms with Crippen molar-refractivity contribution in [2.75, 3.05) is 20.2 Å². The van der Waals surface area contributed by atoms with E-state index in [9.17, 15) is 4.79 Å².